The summed E-state index contributed by atoms with van der Waals surface area (Å²) >= 11 is 0. The third-order valence-electron chi connectivity index (χ3n) is 2.36. The second-order valence-corrected chi connectivity index (χ2v) is 5.46. The lowest BCUT2D eigenvalue weighted by Gasteiger charge is -2.25. The van der Waals surface area contributed by atoms with Crippen molar-refractivity contribution in [3.8, 4) is 0 Å². The van der Waals surface area contributed by atoms with Gasteiger partial charge in [0.05, 0.1) is 7.11 Å². The molecule has 7 heteroatoms. The van der Waals surface area contributed by atoms with Gasteiger partial charge in [-0.3, -0.25) is 9.63 Å². The van der Waals surface area contributed by atoms with Crippen molar-refractivity contribution in [1.29, 1.82) is 0 Å². The Labute approximate surface area is 119 Å². The van der Waals surface area contributed by atoms with E-state index < -0.39 is 23.6 Å². The minimum absolute atomic E-state index is 0.0612. The van der Waals surface area contributed by atoms with Crippen LogP contribution < -0.4 is 5.32 Å². The normalized spacial score (nSPS) is 12.5. The predicted octanol–water partition coefficient (Wildman–Crippen LogP) is 1.27. The Balaban J connectivity index is 4.72. The van der Waals surface area contributed by atoms with Gasteiger partial charge in [-0.1, -0.05) is 0 Å². The lowest BCUT2D eigenvalue weighted by Crippen LogP contribution is -2.48. The number of hydrogen-bond acceptors (Lipinski definition) is 5. The lowest BCUT2D eigenvalue weighted by molar-refractivity contribution is -0.171. The first kappa shape index (κ1) is 18.4. The molecule has 20 heavy (non-hydrogen) atoms. The van der Waals surface area contributed by atoms with Crippen LogP contribution in [0.5, 0.6) is 0 Å². The molecule has 0 aliphatic carbocycles. The summed E-state index contributed by atoms with van der Waals surface area (Å²) in [4.78, 5) is 39.5. The summed E-state index contributed by atoms with van der Waals surface area (Å²) in [5, 5.41) is 3.46. The van der Waals surface area contributed by atoms with Crippen LogP contribution in [0.3, 0.4) is 0 Å². The van der Waals surface area contributed by atoms with Crippen LogP contribution in [0.4, 0.5) is 4.79 Å². The van der Waals surface area contributed by atoms with Gasteiger partial charge in [0, 0.05) is 13.5 Å². The lowest BCUT2D eigenvalue weighted by atomic mass is 10.1. The van der Waals surface area contributed by atoms with Gasteiger partial charge in [0.2, 0.25) is 0 Å². The van der Waals surface area contributed by atoms with Crippen molar-refractivity contribution in [3.63, 3.8) is 0 Å². The SMILES string of the molecule is CON(C)C(=O)C(CCC(C)=O)NC(=O)OC(C)(C)C. The molecule has 1 N–H and O–H groups in total. The number of carbonyl (C=O) groups excluding carboxylic acids is 3. The number of nitrogens with one attached hydrogen (secondary N) is 1. The summed E-state index contributed by atoms with van der Waals surface area (Å²) in [5.74, 6) is -0.506. The Morgan fingerprint density at radius 3 is 2.20 bits per heavy atom. The Morgan fingerprint density at radius 1 is 1.25 bits per heavy atom. The first-order valence-electron chi connectivity index (χ1n) is 6.37. The van der Waals surface area contributed by atoms with Crippen molar-refractivity contribution in [2.24, 2.45) is 0 Å². The summed E-state index contributed by atoms with van der Waals surface area (Å²) in [6.07, 6.45) is -0.325. The first-order valence-corrected chi connectivity index (χ1v) is 6.37. The summed E-state index contributed by atoms with van der Waals surface area (Å²) in [5.41, 5.74) is -0.661. The summed E-state index contributed by atoms with van der Waals surface area (Å²) < 4.78 is 5.09. The zero-order valence-electron chi connectivity index (χ0n) is 13.0. The maximum Gasteiger partial charge on any atom is 0.408 e. The summed E-state index contributed by atoms with van der Waals surface area (Å²) in [6, 6.07) is -0.862. The highest BCUT2D eigenvalue weighted by Crippen LogP contribution is 2.09. The molecule has 0 aromatic rings. The fraction of sp³-hybridized carbons (Fsp3) is 0.769. The van der Waals surface area contributed by atoms with Crippen molar-refractivity contribution < 1.29 is 24.0 Å². The van der Waals surface area contributed by atoms with Crippen LogP contribution in [-0.4, -0.2) is 48.6 Å². The molecule has 7 nitrogen and oxygen atoms in total. The molecule has 1 atom stereocenters. The Kier molecular flexibility index (Phi) is 7.20. The molecule has 0 heterocycles. The van der Waals surface area contributed by atoms with E-state index in [0.717, 1.165) is 5.06 Å². The van der Waals surface area contributed by atoms with Gasteiger partial charge in [-0.2, -0.15) is 0 Å². The smallest absolute Gasteiger partial charge is 0.408 e. The number of carbonyl (C=O) groups is 3. The van der Waals surface area contributed by atoms with Gasteiger partial charge in [-0.25, -0.2) is 9.86 Å². The van der Waals surface area contributed by atoms with Crippen LogP contribution in [0.25, 0.3) is 0 Å². The van der Waals surface area contributed by atoms with Gasteiger partial charge >= 0.3 is 6.09 Å². The van der Waals surface area contributed by atoms with Gasteiger partial charge in [0.25, 0.3) is 5.91 Å². The number of hydrogen-bond donors (Lipinski definition) is 1. The standard InChI is InChI=1S/C13H24N2O5/c1-9(16)7-8-10(11(17)15(5)19-6)14-12(18)20-13(2,3)4/h10H,7-8H2,1-6H3,(H,14,18). The molecule has 0 aliphatic heterocycles. The highest BCUT2D eigenvalue weighted by Gasteiger charge is 2.26. The Bertz CT molecular complexity index is 362. The maximum absolute atomic E-state index is 12.0. The van der Waals surface area contributed by atoms with E-state index in [1.165, 1.54) is 21.1 Å². The van der Waals surface area contributed by atoms with Gasteiger partial charge < -0.3 is 14.8 Å². The molecule has 0 aromatic carbocycles. The van der Waals surface area contributed by atoms with Crippen LogP contribution in [0.15, 0.2) is 0 Å². The second kappa shape index (κ2) is 7.84. The zero-order valence-corrected chi connectivity index (χ0v) is 13.0. The molecular formula is C13H24N2O5. The number of ketones is 1. The third kappa shape index (κ3) is 7.73. The molecule has 0 bridgehead atoms. The predicted molar refractivity (Wildman–Crippen MR) is 72.9 cm³/mol. The number of Topliss-reactive ketones (excluding diaryl/α,β-unsaturated/α-hetero) is 1. The molecule has 0 rings (SSSR count). The number of amides is 2. The van der Waals surface area contributed by atoms with Crippen LogP contribution in [0.1, 0.15) is 40.5 Å². The molecule has 0 saturated heterocycles. The number of likely N-dealkylation sites (N-methyl/N-ethyl adjacent to an activating group) is 1. The molecule has 0 saturated carbocycles. The van der Waals surface area contributed by atoms with E-state index in [2.05, 4.69) is 5.32 Å². The summed E-state index contributed by atoms with van der Waals surface area (Å²) in [7, 11) is 2.77. The van der Waals surface area contributed by atoms with Crippen molar-refractivity contribution in [2.45, 2.75) is 52.2 Å². The van der Waals surface area contributed by atoms with Crippen molar-refractivity contribution in [1.82, 2.24) is 10.4 Å². The molecule has 0 fully saturated rings. The van der Waals surface area contributed by atoms with Crippen LogP contribution >= 0.6 is 0 Å². The number of hydroxylamine groups is 2. The van der Waals surface area contributed by atoms with Crippen molar-refractivity contribution in [3.05, 3.63) is 0 Å². The van der Waals surface area contributed by atoms with Gasteiger partial charge in [0.15, 0.2) is 0 Å². The minimum Gasteiger partial charge on any atom is -0.444 e. The largest absolute Gasteiger partial charge is 0.444 e. The Hall–Kier alpha value is -1.63. The molecular weight excluding hydrogens is 264 g/mol. The average Bonchev–Trinajstić information content (AvgIpc) is 2.29. The van der Waals surface area contributed by atoms with Crippen molar-refractivity contribution >= 4 is 17.8 Å². The monoisotopic (exact) mass is 288 g/mol. The molecule has 116 valence electrons. The number of ether oxygens (including phenoxy) is 1. The van der Waals surface area contributed by atoms with Gasteiger partial charge in [-0.15, -0.1) is 0 Å². The summed E-state index contributed by atoms with van der Waals surface area (Å²) in [6.45, 7) is 6.59. The first-order chi connectivity index (χ1) is 9.06. The van der Waals surface area contributed by atoms with Crippen LogP contribution in [0, 0.1) is 0 Å². The van der Waals surface area contributed by atoms with E-state index in [0.29, 0.717) is 0 Å². The van der Waals surface area contributed by atoms with Gasteiger partial charge in [0.1, 0.15) is 17.4 Å². The number of rotatable bonds is 6. The van der Waals surface area contributed by atoms with Crippen molar-refractivity contribution in [2.75, 3.05) is 14.2 Å². The molecule has 1 unspecified atom stereocenters. The van der Waals surface area contributed by atoms with Crippen LogP contribution in [-0.2, 0) is 19.2 Å². The second-order valence-electron chi connectivity index (χ2n) is 5.46. The van der Waals surface area contributed by atoms with E-state index in [1.54, 1.807) is 20.8 Å². The highest BCUT2D eigenvalue weighted by molar-refractivity contribution is 5.85. The number of nitrogens with zero attached hydrogens (tertiary/aromatic N) is 1. The van der Waals surface area contributed by atoms with E-state index in [9.17, 15) is 14.4 Å². The van der Waals surface area contributed by atoms with Crippen LogP contribution in [0.2, 0.25) is 0 Å². The Morgan fingerprint density at radius 2 is 1.80 bits per heavy atom. The fourth-order valence-corrected chi connectivity index (χ4v) is 1.36. The third-order valence-corrected chi connectivity index (χ3v) is 2.36. The zero-order chi connectivity index (χ0) is 15.9. The van der Waals surface area contributed by atoms with E-state index in [-0.39, 0.29) is 18.6 Å². The molecule has 0 aliphatic rings. The topological polar surface area (TPSA) is 84.9 Å². The molecule has 2 amide bonds. The minimum atomic E-state index is -0.862. The molecule has 0 aromatic heterocycles. The quantitative estimate of drug-likeness (QED) is 0.744. The average molecular weight is 288 g/mol. The van der Waals surface area contributed by atoms with E-state index in [1.807, 2.05) is 0 Å². The maximum atomic E-state index is 12.0. The van der Waals surface area contributed by atoms with E-state index in [4.69, 9.17) is 9.57 Å². The molecule has 0 radical (unpaired) electrons. The van der Waals surface area contributed by atoms with E-state index >= 15 is 0 Å². The highest BCUT2D eigenvalue weighted by atomic mass is 16.7. The molecule has 0 spiro atoms. The fourth-order valence-electron chi connectivity index (χ4n) is 1.36. The van der Waals surface area contributed by atoms with Gasteiger partial charge in [-0.05, 0) is 34.1 Å². The number of alkyl carbamates (subject to hydrolysis) is 1.